The quantitative estimate of drug-likeness (QED) is 0.702. The highest BCUT2D eigenvalue weighted by Gasteiger charge is 2.27. The van der Waals surface area contributed by atoms with Gasteiger partial charge in [-0.3, -0.25) is 0 Å². The first kappa shape index (κ1) is 13.7. The topological polar surface area (TPSA) is 34.1 Å². The first-order chi connectivity index (χ1) is 5.96. The summed E-state index contributed by atoms with van der Waals surface area (Å²) in [5.74, 6) is 0. The molecule has 0 saturated carbocycles. The van der Waals surface area contributed by atoms with E-state index in [1.165, 1.54) is 0 Å². The van der Waals surface area contributed by atoms with Gasteiger partial charge in [0.1, 0.15) is 9.16 Å². The molecule has 0 aromatic heterocycles. The summed E-state index contributed by atoms with van der Waals surface area (Å²) < 4.78 is 22.2. The molecule has 0 saturated heterocycles. The molecular formula is C8H18O2S3. The van der Waals surface area contributed by atoms with Crippen LogP contribution < -0.4 is 0 Å². The molecule has 2 nitrogen and oxygen atoms in total. The Morgan fingerprint density at radius 2 is 1.31 bits per heavy atom. The first-order valence-corrected chi connectivity index (χ1v) is 7.19. The van der Waals surface area contributed by atoms with Gasteiger partial charge in [0, 0.05) is 0 Å². The molecule has 0 aliphatic heterocycles. The molecule has 0 aromatic carbocycles. The Kier molecular flexibility index (Phi) is 6.50. The Balaban J connectivity index is 4.37. The molecule has 13 heavy (non-hydrogen) atoms. The summed E-state index contributed by atoms with van der Waals surface area (Å²) >= 11 is 8.17. The zero-order chi connectivity index (χ0) is 10.5. The van der Waals surface area contributed by atoms with Crippen molar-refractivity contribution < 1.29 is 8.42 Å². The van der Waals surface area contributed by atoms with E-state index >= 15 is 0 Å². The number of hydrogen-bond donors (Lipinski definition) is 2. The average molecular weight is 242 g/mol. The zero-order valence-electron chi connectivity index (χ0n) is 8.10. The van der Waals surface area contributed by atoms with Gasteiger partial charge in [-0.05, 0) is 12.8 Å². The van der Waals surface area contributed by atoms with Gasteiger partial charge < -0.3 is 0 Å². The van der Waals surface area contributed by atoms with Gasteiger partial charge in [-0.1, -0.05) is 26.7 Å². The summed E-state index contributed by atoms with van der Waals surface area (Å²) in [7, 11) is -3.13. The summed E-state index contributed by atoms with van der Waals surface area (Å²) in [5, 5.41) is 0. The Bertz CT molecular complexity index is 206. The van der Waals surface area contributed by atoms with E-state index in [9.17, 15) is 8.42 Å². The van der Waals surface area contributed by atoms with Crippen LogP contribution in [-0.2, 0) is 9.84 Å². The second kappa shape index (κ2) is 6.19. The zero-order valence-corrected chi connectivity index (χ0v) is 10.7. The molecule has 5 heteroatoms. The molecular weight excluding hydrogens is 224 g/mol. The van der Waals surface area contributed by atoms with E-state index in [2.05, 4.69) is 25.3 Å². The maximum absolute atomic E-state index is 11.7. The fourth-order valence-electron chi connectivity index (χ4n) is 1.00. The van der Waals surface area contributed by atoms with E-state index in [0.717, 1.165) is 12.8 Å². The number of sulfone groups is 1. The highest BCUT2D eigenvalue weighted by Crippen LogP contribution is 2.22. The predicted molar refractivity (Wildman–Crippen MR) is 64.3 cm³/mol. The Morgan fingerprint density at radius 3 is 1.54 bits per heavy atom. The maximum atomic E-state index is 11.7. The molecule has 0 N–H and O–H groups in total. The van der Waals surface area contributed by atoms with E-state index in [0.29, 0.717) is 12.8 Å². The van der Waals surface area contributed by atoms with Crippen molar-refractivity contribution in [1.82, 2.24) is 0 Å². The third-order valence-electron chi connectivity index (χ3n) is 1.83. The molecule has 0 radical (unpaired) electrons. The van der Waals surface area contributed by atoms with Gasteiger partial charge in [0.05, 0.1) is 0 Å². The highest BCUT2D eigenvalue weighted by molar-refractivity contribution is 8.11. The molecule has 0 heterocycles. The fourth-order valence-corrected chi connectivity index (χ4v) is 4.18. The monoisotopic (exact) mass is 242 g/mol. The van der Waals surface area contributed by atoms with Gasteiger partial charge in [-0.2, -0.15) is 25.3 Å². The smallest absolute Gasteiger partial charge is 0.174 e. The van der Waals surface area contributed by atoms with Crippen LogP contribution in [0.15, 0.2) is 0 Å². The van der Waals surface area contributed by atoms with Crippen LogP contribution in [0.2, 0.25) is 0 Å². The van der Waals surface area contributed by atoms with Crippen molar-refractivity contribution in [2.75, 3.05) is 0 Å². The van der Waals surface area contributed by atoms with Crippen molar-refractivity contribution >= 4 is 35.1 Å². The minimum atomic E-state index is -3.13. The lowest BCUT2D eigenvalue weighted by Gasteiger charge is -2.16. The number of thiol groups is 2. The Labute approximate surface area is 92.2 Å². The number of rotatable bonds is 6. The van der Waals surface area contributed by atoms with Crippen LogP contribution >= 0.6 is 25.3 Å². The lowest BCUT2D eigenvalue weighted by molar-refractivity contribution is 0.582. The minimum absolute atomic E-state index is 0.549. The molecule has 0 rings (SSSR count). The molecule has 0 bridgehead atoms. The summed E-state index contributed by atoms with van der Waals surface area (Å²) in [6.45, 7) is 3.90. The van der Waals surface area contributed by atoms with Crippen LogP contribution in [0.3, 0.4) is 0 Å². The molecule has 0 amide bonds. The van der Waals surface area contributed by atoms with Gasteiger partial charge >= 0.3 is 0 Å². The maximum Gasteiger partial charge on any atom is 0.174 e. The van der Waals surface area contributed by atoms with E-state index in [4.69, 9.17) is 0 Å². The van der Waals surface area contributed by atoms with Crippen molar-refractivity contribution in [3.05, 3.63) is 0 Å². The Hall–Kier alpha value is 0.650. The molecule has 2 atom stereocenters. The molecule has 2 unspecified atom stereocenters. The molecule has 0 aromatic rings. The summed E-state index contributed by atoms with van der Waals surface area (Å²) in [5.41, 5.74) is 0. The molecule has 0 aliphatic rings. The second-order valence-corrected chi connectivity index (χ2v) is 7.34. The number of hydrogen-bond acceptors (Lipinski definition) is 4. The summed E-state index contributed by atoms with van der Waals surface area (Å²) in [6.07, 6.45) is 2.87. The highest BCUT2D eigenvalue weighted by atomic mass is 32.3. The van der Waals surface area contributed by atoms with E-state index in [1.807, 2.05) is 13.8 Å². The lowest BCUT2D eigenvalue weighted by Crippen LogP contribution is -2.24. The fraction of sp³-hybridized carbons (Fsp3) is 1.00. The third-order valence-corrected chi connectivity index (χ3v) is 6.10. The van der Waals surface area contributed by atoms with Crippen molar-refractivity contribution in [2.24, 2.45) is 0 Å². The van der Waals surface area contributed by atoms with Gasteiger partial charge in [0.25, 0.3) is 0 Å². The van der Waals surface area contributed by atoms with Crippen molar-refractivity contribution in [3.63, 3.8) is 0 Å². The summed E-state index contributed by atoms with van der Waals surface area (Å²) in [4.78, 5) is 0. The van der Waals surface area contributed by atoms with Gasteiger partial charge in [-0.15, -0.1) is 0 Å². The van der Waals surface area contributed by atoms with Gasteiger partial charge in [-0.25, -0.2) is 8.42 Å². The van der Waals surface area contributed by atoms with Crippen molar-refractivity contribution in [3.8, 4) is 0 Å². The SMILES string of the molecule is CCCC(S)S(=O)(=O)C(S)CCC. The van der Waals surface area contributed by atoms with E-state index in [1.54, 1.807) is 0 Å². The average Bonchev–Trinajstić information content (AvgIpc) is 2.05. The predicted octanol–water partition coefficient (Wildman–Crippen LogP) is 2.51. The van der Waals surface area contributed by atoms with E-state index < -0.39 is 19.0 Å². The van der Waals surface area contributed by atoms with Crippen LogP contribution in [-0.4, -0.2) is 17.6 Å². The first-order valence-electron chi connectivity index (χ1n) is 4.55. The van der Waals surface area contributed by atoms with Crippen LogP contribution in [0.25, 0.3) is 0 Å². The van der Waals surface area contributed by atoms with Gasteiger partial charge in [0.2, 0.25) is 0 Å². The molecule has 0 spiro atoms. The molecule has 0 aliphatic carbocycles. The van der Waals surface area contributed by atoms with Crippen molar-refractivity contribution in [1.29, 1.82) is 0 Å². The van der Waals surface area contributed by atoms with Crippen LogP contribution in [0, 0.1) is 0 Å². The van der Waals surface area contributed by atoms with Crippen LogP contribution in [0.5, 0.6) is 0 Å². The normalized spacial score (nSPS) is 16.9. The molecule has 80 valence electrons. The standard InChI is InChI=1S/C8H18O2S3/c1-3-5-7(11)13(9,10)8(12)6-4-2/h7-8,11-12H,3-6H2,1-2H3. The van der Waals surface area contributed by atoms with Gasteiger partial charge in [0.15, 0.2) is 9.84 Å². The van der Waals surface area contributed by atoms with Crippen LogP contribution in [0.4, 0.5) is 0 Å². The van der Waals surface area contributed by atoms with E-state index in [-0.39, 0.29) is 0 Å². The minimum Gasteiger partial charge on any atom is -0.227 e. The molecule has 0 fully saturated rings. The van der Waals surface area contributed by atoms with Crippen molar-refractivity contribution in [2.45, 2.75) is 48.7 Å². The Morgan fingerprint density at radius 1 is 1.00 bits per heavy atom. The third kappa shape index (κ3) is 4.13. The second-order valence-electron chi connectivity index (χ2n) is 3.08. The van der Waals surface area contributed by atoms with Crippen LogP contribution in [0.1, 0.15) is 39.5 Å². The summed E-state index contributed by atoms with van der Waals surface area (Å²) in [6, 6.07) is 0. The largest absolute Gasteiger partial charge is 0.227 e. The lowest BCUT2D eigenvalue weighted by atomic mass is 10.4.